The molecule has 2 rings (SSSR count). The predicted molar refractivity (Wildman–Crippen MR) is 64.9 cm³/mol. The Morgan fingerprint density at radius 2 is 1.87 bits per heavy atom. The van der Waals surface area contributed by atoms with Crippen LogP contribution in [-0.2, 0) is 0 Å². The quantitative estimate of drug-likeness (QED) is 0.762. The second-order valence-corrected chi connectivity index (χ2v) is 4.02. The van der Waals surface area contributed by atoms with E-state index in [1.54, 1.807) is 0 Å². The maximum atomic E-state index is 3.22. The van der Waals surface area contributed by atoms with E-state index in [0.29, 0.717) is 5.92 Å². The minimum Gasteiger partial charge on any atom is -0.361 e. The summed E-state index contributed by atoms with van der Waals surface area (Å²) in [7, 11) is 0. The standard InChI is InChI=1S/C14H17N/c1-3-11(2)12-6-8-13(9-7-12)14-5-4-10-15-14/h4-11,15H,3H2,1-2H3. The zero-order valence-corrected chi connectivity index (χ0v) is 9.33. The number of nitrogens with one attached hydrogen (secondary N) is 1. The molecule has 0 spiro atoms. The van der Waals surface area contributed by atoms with E-state index in [4.69, 9.17) is 0 Å². The third-order valence-corrected chi connectivity index (χ3v) is 3.00. The van der Waals surface area contributed by atoms with Gasteiger partial charge in [-0.05, 0) is 35.6 Å². The Balaban J connectivity index is 2.25. The Labute approximate surface area is 91.2 Å². The fraction of sp³-hybridized carbons (Fsp3) is 0.286. The topological polar surface area (TPSA) is 15.8 Å². The average Bonchev–Trinajstić information content (AvgIpc) is 2.82. The zero-order chi connectivity index (χ0) is 10.7. The van der Waals surface area contributed by atoms with Crippen LogP contribution >= 0.6 is 0 Å². The molecule has 0 saturated carbocycles. The Hall–Kier alpha value is -1.50. The number of hydrogen-bond donors (Lipinski definition) is 1. The van der Waals surface area contributed by atoms with Crippen molar-refractivity contribution in [3.05, 3.63) is 48.2 Å². The first-order valence-electron chi connectivity index (χ1n) is 5.55. The molecule has 0 radical (unpaired) electrons. The molecule has 0 aliphatic carbocycles. The molecular weight excluding hydrogens is 182 g/mol. The van der Waals surface area contributed by atoms with E-state index < -0.39 is 0 Å². The predicted octanol–water partition coefficient (Wildman–Crippen LogP) is 4.20. The van der Waals surface area contributed by atoms with Crippen molar-refractivity contribution in [2.75, 3.05) is 0 Å². The Morgan fingerprint density at radius 3 is 2.40 bits per heavy atom. The van der Waals surface area contributed by atoms with Gasteiger partial charge in [-0.15, -0.1) is 0 Å². The monoisotopic (exact) mass is 199 g/mol. The van der Waals surface area contributed by atoms with Crippen LogP contribution in [0.25, 0.3) is 11.3 Å². The highest BCUT2D eigenvalue weighted by Crippen LogP contribution is 2.22. The molecule has 2 aromatic rings. The molecule has 0 bridgehead atoms. The van der Waals surface area contributed by atoms with Crippen molar-refractivity contribution in [3.63, 3.8) is 0 Å². The van der Waals surface area contributed by atoms with Crippen molar-refractivity contribution >= 4 is 0 Å². The summed E-state index contributed by atoms with van der Waals surface area (Å²) in [6.07, 6.45) is 3.15. The van der Waals surface area contributed by atoms with Crippen LogP contribution < -0.4 is 0 Å². The second kappa shape index (κ2) is 4.35. The number of rotatable bonds is 3. The number of hydrogen-bond acceptors (Lipinski definition) is 0. The molecule has 0 aliphatic heterocycles. The van der Waals surface area contributed by atoms with Gasteiger partial charge in [0.25, 0.3) is 0 Å². The summed E-state index contributed by atoms with van der Waals surface area (Å²) in [5.41, 5.74) is 3.87. The molecule has 0 fully saturated rings. The molecule has 0 aliphatic rings. The normalized spacial score (nSPS) is 12.7. The van der Waals surface area contributed by atoms with Crippen molar-refractivity contribution in [3.8, 4) is 11.3 Å². The summed E-state index contributed by atoms with van der Waals surface area (Å²) in [5.74, 6) is 0.655. The zero-order valence-electron chi connectivity index (χ0n) is 9.33. The van der Waals surface area contributed by atoms with Crippen LogP contribution in [0, 0.1) is 0 Å². The highest BCUT2D eigenvalue weighted by Gasteiger charge is 2.03. The smallest absolute Gasteiger partial charge is 0.0453 e. The summed E-state index contributed by atoms with van der Waals surface area (Å²) in [6.45, 7) is 4.49. The number of H-pyrrole nitrogens is 1. The Bertz CT molecular complexity index is 397. The SMILES string of the molecule is CCC(C)c1ccc(-c2ccc[nH]2)cc1. The van der Waals surface area contributed by atoms with Gasteiger partial charge in [0.1, 0.15) is 0 Å². The largest absolute Gasteiger partial charge is 0.361 e. The Morgan fingerprint density at radius 1 is 1.13 bits per heavy atom. The third-order valence-electron chi connectivity index (χ3n) is 3.00. The Kier molecular flexibility index (Phi) is 2.91. The maximum Gasteiger partial charge on any atom is 0.0453 e. The molecule has 1 N–H and O–H groups in total. The highest BCUT2D eigenvalue weighted by molar-refractivity contribution is 5.59. The molecular formula is C14H17N. The third kappa shape index (κ3) is 2.12. The van der Waals surface area contributed by atoms with Crippen molar-refractivity contribution < 1.29 is 0 Å². The summed E-state index contributed by atoms with van der Waals surface area (Å²) in [6, 6.07) is 12.9. The van der Waals surface area contributed by atoms with Crippen LogP contribution in [0.1, 0.15) is 31.7 Å². The first-order chi connectivity index (χ1) is 7.31. The van der Waals surface area contributed by atoms with E-state index >= 15 is 0 Å². The van der Waals surface area contributed by atoms with Crippen LogP contribution in [0.3, 0.4) is 0 Å². The molecule has 1 aromatic heterocycles. The summed E-state index contributed by atoms with van der Waals surface area (Å²) in [4.78, 5) is 3.22. The minimum atomic E-state index is 0.655. The van der Waals surface area contributed by atoms with E-state index in [-0.39, 0.29) is 0 Å². The first kappa shape index (κ1) is 10.0. The fourth-order valence-corrected chi connectivity index (χ4v) is 1.74. The number of aromatic amines is 1. The first-order valence-corrected chi connectivity index (χ1v) is 5.55. The lowest BCUT2D eigenvalue weighted by Gasteiger charge is -2.09. The van der Waals surface area contributed by atoms with Gasteiger partial charge in [0.15, 0.2) is 0 Å². The summed E-state index contributed by atoms with van der Waals surface area (Å²) >= 11 is 0. The van der Waals surface area contributed by atoms with Gasteiger partial charge in [-0.1, -0.05) is 38.1 Å². The molecule has 78 valence electrons. The number of benzene rings is 1. The van der Waals surface area contributed by atoms with E-state index in [1.165, 1.54) is 23.2 Å². The highest BCUT2D eigenvalue weighted by atomic mass is 14.7. The molecule has 1 heterocycles. The van der Waals surface area contributed by atoms with Gasteiger partial charge >= 0.3 is 0 Å². The van der Waals surface area contributed by atoms with Gasteiger partial charge in [0.2, 0.25) is 0 Å². The van der Waals surface area contributed by atoms with Crippen molar-refractivity contribution in [2.24, 2.45) is 0 Å². The lowest BCUT2D eigenvalue weighted by Crippen LogP contribution is -1.90. The molecule has 1 atom stereocenters. The van der Waals surface area contributed by atoms with Crippen molar-refractivity contribution in [1.82, 2.24) is 4.98 Å². The van der Waals surface area contributed by atoms with Crippen LogP contribution in [0.2, 0.25) is 0 Å². The number of aromatic nitrogens is 1. The molecule has 1 nitrogen and oxygen atoms in total. The van der Waals surface area contributed by atoms with E-state index in [1.807, 2.05) is 12.3 Å². The molecule has 1 heteroatoms. The lowest BCUT2D eigenvalue weighted by atomic mass is 9.97. The minimum absolute atomic E-state index is 0.655. The maximum absolute atomic E-state index is 3.22. The van der Waals surface area contributed by atoms with Crippen molar-refractivity contribution in [1.29, 1.82) is 0 Å². The van der Waals surface area contributed by atoms with Crippen LogP contribution in [-0.4, -0.2) is 4.98 Å². The van der Waals surface area contributed by atoms with Crippen molar-refractivity contribution in [2.45, 2.75) is 26.2 Å². The lowest BCUT2D eigenvalue weighted by molar-refractivity contribution is 0.734. The molecule has 1 aromatic carbocycles. The molecule has 1 unspecified atom stereocenters. The molecule has 0 amide bonds. The van der Waals surface area contributed by atoms with Gasteiger partial charge in [-0.25, -0.2) is 0 Å². The molecule has 15 heavy (non-hydrogen) atoms. The van der Waals surface area contributed by atoms with Gasteiger partial charge in [-0.2, -0.15) is 0 Å². The van der Waals surface area contributed by atoms with Gasteiger partial charge in [-0.3, -0.25) is 0 Å². The molecule has 0 saturated heterocycles. The van der Waals surface area contributed by atoms with Crippen LogP contribution in [0.5, 0.6) is 0 Å². The fourth-order valence-electron chi connectivity index (χ4n) is 1.74. The van der Waals surface area contributed by atoms with Gasteiger partial charge in [0.05, 0.1) is 0 Å². The van der Waals surface area contributed by atoms with Gasteiger partial charge < -0.3 is 4.98 Å². The van der Waals surface area contributed by atoms with E-state index in [9.17, 15) is 0 Å². The van der Waals surface area contributed by atoms with E-state index in [2.05, 4.69) is 49.2 Å². The second-order valence-electron chi connectivity index (χ2n) is 4.02. The van der Waals surface area contributed by atoms with Gasteiger partial charge in [0, 0.05) is 11.9 Å². The van der Waals surface area contributed by atoms with Crippen LogP contribution in [0.15, 0.2) is 42.6 Å². The van der Waals surface area contributed by atoms with Crippen LogP contribution in [0.4, 0.5) is 0 Å². The average molecular weight is 199 g/mol. The van der Waals surface area contributed by atoms with E-state index in [0.717, 1.165) is 0 Å². The summed E-state index contributed by atoms with van der Waals surface area (Å²) in [5, 5.41) is 0. The summed E-state index contributed by atoms with van der Waals surface area (Å²) < 4.78 is 0.